The number of allylic oxidation sites excluding steroid dienone is 1. The SMILES string of the molecule is COc1ccc2cc(C(=O)C=Cc3cn(C)cn3)ccc2c1. The molecule has 0 bridgehead atoms. The number of carbonyl (C=O) groups excluding carboxylic acids is 1. The minimum absolute atomic E-state index is 0.0385. The lowest BCUT2D eigenvalue weighted by atomic mass is 10.0. The number of aromatic nitrogens is 2. The predicted octanol–water partition coefficient (Wildman–Crippen LogP) is 3.48. The van der Waals surface area contributed by atoms with Gasteiger partial charge in [-0.1, -0.05) is 18.2 Å². The van der Waals surface area contributed by atoms with Gasteiger partial charge in [0.2, 0.25) is 0 Å². The molecule has 0 radical (unpaired) electrons. The zero-order valence-electron chi connectivity index (χ0n) is 12.5. The second kappa shape index (κ2) is 5.85. The highest BCUT2D eigenvalue weighted by atomic mass is 16.5. The van der Waals surface area contributed by atoms with Crippen molar-refractivity contribution in [3.63, 3.8) is 0 Å². The van der Waals surface area contributed by atoms with Gasteiger partial charge < -0.3 is 9.30 Å². The first-order valence-electron chi connectivity index (χ1n) is 6.94. The summed E-state index contributed by atoms with van der Waals surface area (Å²) in [5.41, 5.74) is 1.42. The first-order valence-corrected chi connectivity index (χ1v) is 6.94. The summed E-state index contributed by atoms with van der Waals surface area (Å²) in [5.74, 6) is 0.769. The lowest BCUT2D eigenvalue weighted by Gasteiger charge is -2.04. The fourth-order valence-electron chi connectivity index (χ4n) is 2.28. The van der Waals surface area contributed by atoms with Crippen LogP contribution in [0.15, 0.2) is 55.0 Å². The quantitative estimate of drug-likeness (QED) is 0.546. The maximum absolute atomic E-state index is 12.2. The molecule has 4 nitrogen and oxygen atoms in total. The van der Waals surface area contributed by atoms with Gasteiger partial charge in [0.05, 0.1) is 19.1 Å². The summed E-state index contributed by atoms with van der Waals surface area (Å²) >= 11 is 0. The number of hydrogen-bond acceptors (Lipinski definition) is 3. The fourth-order valence-corrected chi connectivity index (χ4v) is 2.28. The van der Waals surface area contributed by atoms with Crippen LogP contribution in [0, 0.1) is 0 Å². The topological polar surface area (TPSA) is 44.1 Å². The van der Waals surface area contributed by atoms with Crippen LogP contribution in [0.1, 0.15) is 16.1 Å². The van der Waals surface area contributed by atoms with Crippen LogP contribution in [-0.4, -0.2) is 22.4 Å². The van der Waals surface area contributed by atoms with Crippen molar-refractivity contribution in [1.29, 1.82) is 0 Å². The number of ether oxygens (including phenoxy) is 1. The monoisotopic (exact) mass is 292 g/mol. The number of rotatable bonds is 4. The third-order valence-corrected chi connectivity index (χ3v) is 3.46. The molecule has 0 spiro atoms. The van der Waals surface area contributed by atoms with E-state index >= 15 is 0 Å². The van der Waals surface area contributed by atoms with Gasteiger partial charge in [0, 0.05) is 18.8 Å². The normalized spacial score (nSPS) is 11.2. The number of fused-ring (bicyclic) bond motifs is 1. The Morgan fingerprint density at radius 3 is 2.68 bits per heavy atom. The highest BCUT2D eigenvalue weighted by Gasteiger charge is 2.04. The summed E-state index contributed by atoms with van der Waals surface area (Å²) in [4.78, 5) is 16.4. The highest BCUT2D eigenvalue weighted by molar-refractivity contribution is 6.08. The molecule has 1 aromatic heterocycles. The summed E-state index contributed by atoms with van der Waals surface area (Å²) in [6.45, 7) is 0. The molecule has 4 heteroatoms. The Bertz CT molecular complexity index is 862. The Labute approximate surface area is 128 Å². The number of aryl methyl sites for hydroxylation is 1. The first-order chi connectivity index (χ1) is 10.7. The fraction of sp³-hybridized carbons (Fsp3) is 0.111. The molecule has 0 aliphatic heterocycles. The van der Waals surface area contributed by atoms with E-state index in [9.17, 15) is 4.79 Å². The summed E-state index contributed by atoms with van der Waals surface area (Å²) in [6.07, 6.45) is 6.83. The molecule has 0 saturated carbocycles. The van der Waals surface area contributed by atoms with Crippen LogP contribution in [0.3, 0.4) is 0 Å². The molecule has 0 saturated heterocycles. The Morgan fingerprint density at radius 2 is 1.95 bits per heavy atom. The molecular formula is C18H16N2O2. The predicted molar refractivity (Wildman–Crippen MR) is 87.1 cm³/mol. The molecule has 0 amide bonds. The van der Waals surface area contributed by atoms with E-state index in [1.165, 1.54) is 0 Å². The minimum Gasteiger partial charge on any atom is -0.497 e. The van der Waals surface area contributed by atoms with E-state index in [2.05, 4.69) is 4.98 Å². The zero-order chi connectivity index (χ0) is 15.5. The van der Waals surface area contributed by atoms with Crippen molar-refractivity contribution < 1.29 is 9.53 Å². The van der Waals surface area contributed by atoms with Crippen LogP contribution in [0.5, 0.6) is 5.75 Å². The van der Waals surface area contributed by atoms with Gasteiger partial charge in [-0.25, -0.2) is 4.98 Å². The third-order valence-electron chi connectivity index (χ3n) is 3.46. The Balaban J connectivity index is 1.86. The van der Waals surface area contributed by atoms with Crippen molar-refractivity contribution in [2.24, 2.45) is 7.05 Å². The largest absolute Gasteiger partial charge is 0.497 e. The minimum atomic E-state index is -0.0385. The molecule has 0 unspecified atom stereocenters. The average Bonchev–Trinajstić information content (AvgIpc) is 2.97. The van der Waals surface area contributed by atoms with Crippen molar-refractivity contribution in [3.8, 4) is 5.75 Å². The summed E-state index contributed by atoms with van der Waals surface area (Å²) in [6, 6.07) is 11.4. The van der Waals surface area contributed by atoms with Crippen molar-refractivity contribution in [2.45, 2.75) is 0 Å². The summed E-state index contributed by atoms with van der Waals surface area (Å²) in [7, 11) is 3.53. The molecule has 0 fully saturated rings. The second-order valence-electron chi connectivity index (χ2n) is 5.09. The van der Waals surface area contributed by atoms with Crippen LogP contribution in [0.25, 0.3) is 16.8 Å². The summed E-state index contributed by atoms with van der Waals surface area (Å²) < 4.78 is 7.04. The Morgan fingerprint density at radius 1 is 1.18 bits per heavy atom. The number of carbonyl (C=O) groups is 1. The Hall–Kier alpha value is -2.88. The zero-order valence-corrected chi connectivity index (χ0v) is 12.5. The molecule has 3 rings (SSSR count). The van der Waals surface area contributed by atoms with E-state index in [0.29, 0.717) is 5.56 Å². The van der Waals surface area contributed by atoms with Crippen molar-refractivity contribution >= 4 is 22.6 Å². The van der Waals surface area contributed by atoms with Crippen LogP contribution in [0.2, 0.25) is 0 Å². The number of ketones is 1. The molecule has 22 heavy (non-hydrogen) atoms. The smallest absolute Gasteiger partial charge is 0.185 e. The lowest BCUT2D eigenvalue weighted by Crippen LogP contribution is -1.94. The summed E-state index contributed by atoms with van der Waals surface area (Å²) in [5, 5.41) is 2.06. The third kappa shape index (κ3) is 2.91. The van der Waals surface area contributed by atoms with E-state index in [1.54, 1.807) is 25.6 Å². The van der Waals surface area contributed by atoms with Gasteiger partial charge in [0.15, 0.2) is 5.78 Å². The van der Waals surface area contributed by atoms with Gasteiger partial charge in [-0.3, -0.25) is 4.79 Å². The maximum Gasteiger partial charge on any atom is 0.185 e. The van der Waals surface area contributed by atoms with Gasteiger partial charge in [0.25, 0.3) is 0 Å². The van der Waals surface area contributed by atoms with E-state index in [-0.39, 0.29) is 5.78 Å². The van der Waals surface area contributed by atoms with Crippen molar-refractivity contribution in [2.75, 3.05) is 7.11 Å². The van der Waals surface area contributed by atoms with E-state index in [0.717, 1.165) is 22.2 Å². The standard InChI is InChI=1S/C18H16N2O2/c1-20-11-16(19-12-20)6-8-18(21)15-4-3-14-10-17(22-2)7-5-13(14)9-15/h3-12H,1-2H3. The van der Waals surface area contributed by atoms with Crippen LogP contribution in [-0.2, 0) is 7.05 Å². The van der Waals surface area contributed by atoms with Gasteiger partial charge in [-0.05, 0) is 41.1 Å². The van der Waals surface area contributed by atoms with Crippen LogP contribution in [0.4, 0.5) is 0 Å². The molecule has 1 heterocycles. The average molecular weight is 292 g/mol. The van der Waals surface area contributed by atoms with Crippen LogP contribution < -0.4 is 4.74 Å². The van der Waals surface area contributed by atoms with E-state index in [1.807, 2.05) is 54.2 Å². The number of benzene rings is 2. The van der Waals surface area contributed by atoms with Crippen LogP contribution >= 0.6 is 0 Å². The number of methoxy groups -OCH3 is 1. The van der Waals surface area contributed by atoms with Crippen molar-refractivity contribution in [3.05, 3.63) is 66.3 Å². The molecule has 0 aliphatic rings. The van der Waals surface area contributed by atoms with Gasteiger partial charge >= 0.3 is 0 Å². The number of imidazole rings is 1. The number of nitrogens with zero attached hydrogens (tertiary/aromatic N) is 2. The molecule has 0 aliphatic carbocycles. The van der Waals surface area contributed by atoms with Gasteiger partial charge in [-0.15, -0.1) is 0 Å². The molecule has 0 atom stereocenters. The Kier molecular flexibility index (Phi) is 3.74. The molecule has 2 aromatic carbocycles. The molecule has 110 valence electrons. The molecule has 0 N–H and O–H groups in total. The first kappa shape index (κ1) is 14.1. The lowest BCUT2D eigenvalue weighted by molar-refractivity contribution is 0.104. The van der Waals surface area contributed by atoms with E-state index in [4.69, 9.17) is 4.74 Å². The second-order valence-corrected chi connectivity index (χ2v) is 5.09. The molecule has 3 aromatic rings. The van der Waals surface area contributed by atoms with Crippen molar-refractivity contribution in [1.82, 2.24) is 9.55 Å². The highest BCUT2D eigenvalue weighted by Crippen LogP contribution is 2.22. The maximum atomic E-state index is 12.2. The van der Waals surface area contributed by atoms with Gasteiger partial charge in [-0.2, -0.15) is 0 Å². The van der Waals surface area contributed by atoms with Gasteiger partial charge in [0.1, 0.15) is 5.75 Å². The van der Waals surface area contributed by atoms with E-state index < -0.39 is 0 Å². The molecular weight excluding hydrogens is 276 g/mol. The number of hydrogen-bond donors (Lipinski definition) is 0.